The molecule has 1 N–H and O–H groups in total. The lowest BCUT2D eigenvalue weighted by Crippen LogP contribution is -2.42. The Hall–Kier alpha value is -2.96. The fraction of sp³-hybridized carbons (Fsp3) is 0.320. The van der Waals surface area contributed by atoms with Crippen LogP contribution in [0.1, 0.15) is 29.5 Å². The zero-order valence-electron chi connectivity index (χ0n) is 17.6. The number of benzene rings is 2. The molecule has 2 heterocycles. The van der Waals surface area contributed by atoms with Crippen molar-refractivity contribution in [3.05, 3.63) is 89.5 Å². The molecule has 0 radical (unpaired) electrons. The summed E-state index contributed by atoms with van der Waals surface area (Å²) in [5.74, 6) is 1.06. The second-order valence-electron chi connectivity index (χ2n) is 7.95. The summed E-state index contributed by atoms with van der Waals surface area (Å²) in [6, 6.07) is 16.0. The van der Waals surface area contributed by atoms with Gasteiger partial charge in [-0.05, 0) is 54.3 Å². The first-order valence-corrected chi connectivity index (χ1v) is 10.5. The number of rotatable bonds is 7. The molecule has 0 aliphatic carbocycles. The first-order chi connectivity index (χ1) is 15.1. The maximum Gasteiger partial charge on any atom is 0.161 e. The minimum atomic E-state index is -0.811. The molecule has 1 fully saturated rings. The molecule has 1 aliphatic heterocycles. The van der Waals surface area contributed by atoms with Gasteiger partial charge in [0.05, 0.1) is 12.7 Å². The Balaban J connectivity index is 1.39. The second kappa shape index (κ2) is 9.45. The molecule has 1 aromatic heterocycles. The topological polar surface area (TPSA) is 54.8 Å². The molecule has 3 aromatic rings. The number of likely N-dealkylation sites (tertiary alicyclic amines) is 1. The van der Waals surface area contributed by atoms with Crippen LogP contribution in [0.2, 0.25) is 0 Å². The molecule has 0 bridgehead atoms. The maximum atomic E-state index is 13.1. The SMILES string of the molecule is COc1ccc(CN2CCC(O)(c3cccnc3)CC2)cc1OCc1ccc(F)cc1. The van der Waals surface area contributed by atoms with Gasteiger partial charge in [-0.25, -0.2) is 4.39 Å². The third-order valence-corrected chi connectivity index (χ3v) is 5.82. The van der Waals surface area contributed by atoms with Crippen LogP contribution in [-0.4, -0.2) is 35.2 Å². The smallest absolute Gasteiger partial charge is 0.161 e. The van der Waals surface area contributed by atoms with Crippen LogP contribution < -0.4 is 9.47 Å². The number of ether oxygens (including phenoxy) is 2. The Kier molecular flexibility index (Phi) is 6.49. The van der Waals surface area contributed by atoms with Crippen LogP contribution in [0.25, 0.3) is 0 Å². The van der Waals surface area contributed by atoms with Crippen molar-refractivity contribution in [2.24, 2.45) is 0 Å². The Bertz CT molecular complexity index is 987. The van der Waals surface area contributed by atoms with Crippen LogP contribution in [0.4, 0.5) is 4.39 Å². The number of pyridine rings is 1. The van der Waals surface area contributed by atoms with Gasteiger partial charge in [-0.3, -0.25) is 9.88 Å². The molecule has 162 valence electrons. The zero-order valence-corrected chi connectivity index (χ0v) is 17.6. The molecule has 0 unspecified atom stereocenters. The molecule has 1 aliphatic rings. The fourth-order valence-electron chi connectivity index (χ4n) is 3.94. The number of hydrogen-bond acceptors (Lipinski definition) is 5. The lowest BCUT2D eigenvalue weighted by Gasteiger charge is -2.38. The molecular formula is C25H27FN2O3. The van der Waals surface area contributed by atoms with Crippen molar-refractivity contribution in [2.75, 3.05) is 20.2 Å². The van der Waals surface area contributed by atoms with Crippen molar-refractivity contribution in [3.63, 3.8) is 0 Å². The molecule has 1 saturated heterocycles. The van der Waals surface area contributed by atoms with E-state index in [1.165, 1.54) is 12.1 Å². The number of piperidine rings is 1. The van der Waals surface area contributed by atoms with Crippen LogP contribution in [-0.2, 0) is 18.8 Å². The first-order valence-electron chi connectivity index (χ1n) is 10.5. The third-order valence-electron chi connectivity index (χ3n) is 5.82. The zero-order chi connectivity index (χ0) is 21.7. The Morgan fingerprint density at radius 1 is 1.03 bits per heavy atom. The predicted molar refractivity (Wildman–Crippen MR) is 116 cm³/mol. The molecule has 4 rings (SSSR count). The first kappa shape index (κ1) is 21.3. The molecule has 0 atom stereocenters. The van der Waals surface area contributed by atoms with Crippen molar-refractivity contribution < 1.29 is 19.0 Å². The van der Waals surface area contributed by atoms with E-state index in [0.29, 0.717) is 30.9 Å². The lowest BCUT2D eigenvalue weighted by molar-refractivity contribution is -0.0280. The highest BCUT2D eigenvalue weighted by molar-refractivity contribution is 5.43. The van der Waals surface area contributed by atoms with Gasteiger partial charge < -0.3 is 14.6 Å². The van der Waals surface area contributed by atoms with E-state index in [4.69, 9.17) is 9.47 Å². The molecular weight excluding hydrogens is 395 g/mol. The summed E-state index contributed by atoms with van der Waals surface area (Å²) < 4.78 is 24.5. The largest absolute Gasteiger partial charge is 0.493 e. The second-order valence-corrected chi connectivity index (χ2v) is 7.95. The molecule has 0 saturated carbocycles. The number of aliphatic hydroxyl groups is 1. The highest BCUT2D eigenvalue weighted by atomic mass is 19.1. The van der Waals surface area contributed by atoms with Crippen LogP contribution in [0.5, 0.6) is 11.5 Å². The van der Waals surface area contributed by atoms with Gasteiger partial charge in [0, 0.05) is 37.6 Å². The molecule has 0 amide bonds. The summed E-state index contributed by atoms with van der Waals surface area (Å²) in [5.41, 5.74) is 2.07. The van der Waals surface area contributed by atoms with Gasteiger partial charge in [0.15, 0.2) is 11.5 Å². The van der Waals surface area contributed by atoms with E-state index in [-0.39, 0.29) is 5.82 Å². The van der Waals surface area contributed by atoms with E-state index in [1.54, 1.807) is 31.6 Å². The summed E-state index contributed by atoms with van der Waals surface area (Å²) in [6.45, 7) is 2.69. The van der Waals surface area contributed by atoms with E-state index in [2.05, 4.69) is 9.88 Å². The standard InChI is InChI=1S/C25H27FN2O3/c1-30-23-9-6-20(15-24(23)31-18-19-4-7-22(26)8-5-19)17-28-13-10-25(29,11-14-28)21-3-2-12-27-16-21/h2-9,12,15-16,29H,10-11,13-14,17-18H2,1H3. The van der Waals surface area contributed by atoms with Gasteiger partial charge in [-0.1, -0.05) is 24.3 Å². The monoisotopic (exact) mass is 422 g/mol. The molecule has 5 nitrogen and oxygen atoms in total. The van der Waals surface area contributed by atoms with E-state index in [9.17, 15) is 9.50 Å². The fourth-order valence-corrected chi connectivity index (χ4v) is 3.94. The molecule has 2 aromatic carbocycles. The predicted octanol–water partition coefficient (Wildman–Crippen LogP) is 4.29. The number of hydrogen-bond donors (Lipinski definition) is 1. The van der Waals surface area contributed by atoms with Crippen molar-refractivity contribution in [3.8, 4) is 11.5 Å². The Labute approximate surface area is 182 Å². The van der Waals surface area contributed by atoms with E-state index in [0.717, 1.165) is 36.3 Å². The quantitative estimate of drug-likeness (QED) is 0.616. The average molecular weight is 423 g/mol. The summed E-state index contributed by atoms with van der Waals surface area (Å²) in [6.07, 6.45) is 4.82. The summed E-state index contributed by atoms with van der Waals surface area (Å²) in [7, 11) is 1.61. The van der Waals surface area contributed by atoms with Gasteiger partial charge >= 0.3 is 0 Å². The Morgan fingerprint density at radius 2 is 1.77 bits per heavy atom. The minimum absolute atomic E-state index is 0.264. The highest BCUT2D eigenvalue weighted by Crippen LogP contribution is 2.34. The summed E-state index contributed by atoms with van der Waals surface area (Å²) in [5, 5.41) is 11.0. The van der Waals surface area contributed by atoms with E-state index < -0.39 is 5.60 Å². The van der Waals surface area contributed by atoms with Crippen molar-refractivity contribution in [1.29, 1.82) is 0 Å². The van der Waals surface area contributed by atoms with Crippen LogP contribution in [0.3, 0.4) is 0 Å². The van der Waals surface area contributed by atoms with Crippen LogP contribution in [0, 0.1) is 5.82 Å². The van der Waals surface area contributed by atoms with E-state index in [1.807, 2.05) is 30.3 Å². The van der Waals surface area contributed by atoms with Crippen LogP contribution in [0.15, 0.2) is 67.0 Å². The maximum absolute atomic E-state index is 13.1. The number of nitrogens with zero attached hydrogens (tertiary/aromatic N) is 2. The van der Waals surface area contributed by atoms with Crippen molar-refractivity contribution in [1.82, 2.24) is 9.88 Å². The van der Waals surface area contributed by atoms with Crippen molar-refractivity contribution in [2.45, 2.75) is 31.6 Å². The number of methoxy groups -OCH3 is 1. The Morgan fingerprint density at radius 3 is 2.45 bits per heavy atom. The minimum Gasteiger partial charge on any atom is -0.493 e. The normalized spacial score (nSPS) is 16.1. The highest BCUT2D eigenvalue weighted by Gasteiger charge is 2.34. The molecule has 31 heavy (non-hydrogen) atoms. The summed E-state index contributed by atoms with van der Waals surface area (Å²) >= 11 is 0. The van der Waals surface area contributed by atoms with Crippen molar-refractivity contribution >= 4 is 0 Å². The van der Waals surface area contributed by atoms with E-state index >= 15 is 0 Å². The third kappa shape index (κ3) is 5.21. The molecule has 0 spiro atoms. The molecule has 6 heteroatoms. The van der Waals surface area contributed by atoms with Gasteiger partial charge in [0.25, 0.3) is 0 Å². The van der Waals surface area contributed by atoms with Gasteiger partial charge in [0.1, 0.15) is 12.4 Å². The van der Waals surface area contributed by atoms with Crippen LogP contribution >= 0.6 is 0 Å². The number of halogens is 1. The van der Waals surface area contributed by atoms with Gasteiger partial charge in [0.2, 0.25) is 0 Å². The summed E-state index contributed by atoms with van der Waals surface area (Å²) in [4.78, 5) is 6.47. The lowest BCUT2D eigenvalue weighted by atomic mass is 9.85. The van der Waals surface area contributed by atoms with Gasteiger partial charge in [-0.15, -0.1) is 0 Å². The average Bonchev–Trinajstić information content (AvgIpc) is 2.81. The van der Waals surface area contributed by atoms with Gasteiger partial charge in [-0.2, -0.15) is 0 Å². The number of aromatic nitrogens is 1.